The predicted molar refractivity (Wildman–Crippen MR) is 96.9 cm³/mol. The van der Waals surface area contributed by atoms with Crippen molar-refractivity contribution in [3.8, 4) is 0 Å². The highest BCUT2D eigenvalue weighted by Gasteiger charge is 2.23. The molecule has 0 saturated heterocycles. The number of H-pyrrole nitrogens is 1. The van der Waals surface area contributed by atoms with Crippen LogP contribution in [-0.4, -0.2) is 27.6 Å². The molecule has 0 unspecified atom stereocenters. The van der Waals surface area contributed by atoms with E-state index >= 15 is 0 Å². The molecule has 2 aromatic carbocycles. The van der Waals surface area contributed by atoms with Gasteiger partial charge in [0.25, 0.3) is 0 Å². The highest BCUT2D eigenvalue weighted by Crippen LogP contribution is 2.47. The van der Waals surface area contributed by atoms with Crippen molar-refractivity contribution in [2.45, 2.75) is 22.8 Å². The number of hydrogen-bond acceptors (Lipinski definition) is 5. The van der Waals surface area contributed by atoms with E-state index in [2.05, 4.69) is 49.7 Å². The number of aromatic amines is 1. The van der Waals surface area contributed by atoms with Gasteiger partial charge in [-0.15, -0.1) is 0 Å². The van der Waals surface area contributed by atoms with Gasteiger partial charge in [-0.2, -0.15) is 5.10 Å². The third-order valence-electron chi connectivity index (χ3n) is 4.01. The van der Waals surface area contributed by atoms with E-state index in [1.165, 1.54) is 16.1 Å². The van der Waals surface area contributed by atoms with Crippen LogP contribution in [-0.2, 0) is 11.3 Å². The maximum absolute atomic E-state index is 12.2. The van der Waals surface area contributed by atoms with E-state index in [9.17, 15) is 4.79 Å². The van der Waals surface area contributed by atoms with Crippen LogP contribution in [0.5, 0.6) is 0 Å². The minimum absolute atomic E-state index is 0.00964. The average molecular weight is 351 g/mol. The Morgan fingerprint density at radius 3 is 2.40 bits per heavy atom. The van der Waals surface area contributed by atoms with Gasteiger partial charge in [0.1, 0.15) is 12.2 Å². The third-order valence-corrected chi connectivity index (χ3v) is 5.14. The Labute approximate surface area is 149 Å². The molecular formula is C18H17N5OS. The summed E-state index contributed by atoms with van der Waals surface area (Å²) in [5, 5.41) is 9.37. The minimum atomic E-state index is -0.00964. The Balaban J connectivity index is 1.47. The molecular weight excluding hydrogens is 334 g/mol. The normalized spacial score (nSPS) is 12.4. The number of carbonyl (C=O) groups is 1. The summed E-state index contributed by atoms with van der Waals surface area (Å²) in [6.45, 7) is 0.985. The smallest absolute Gasteiger partial charge is 0.222 e. The molecule has 1 aliphatic rings. The monoisotopic (exact) mass is 351 g/mol. The summed E-state index contributed by atoms with van der Waals surface area (Å²) in [6, 6.07) is 16.6. The van der Waals surface area contributed by atoms with Crippen LogP contribution in [0.25, 0.3) is 0 Å². The summed E-state index contributed by atoms with van der Waals surface area (Å²) in [5.41, 5.74) is 2.29. The molecule has 0 aliphatic carbocycles. The Kier molecular flexibility index (Phi) is 4.39. The zero-order valence-electron chi connectivity index (χ0n) is 13.5. The summed E-state index contributed by atoms with van der Waals surface area (Å²) >= 11 is 1.77. The molecule has 2 N–H and O–H groups in total. The van der Waals surface area contributed by atoms with Crippen molar-refractivity contribution in [3.05, 3.63) is 60.7 Å². The van der Waals surface area contributed by atoms with Crippen molar-refractivity contribution >= 4 is 29.0 Å². The Hall–Kier alpha value is -2.80. The first-order valence-electron chi connectivity index (χ1n) is 8.05. The highest BCUT2D eigenvalue weighted by atomic mass is 32.2. The van der Waals surface area contributed by atoms with Gasteiger partial charge in [-0.3, -0.25) is 9.89 Å². The van der Waals surface area contributed by atoms with Crippen LogP contribution in [0, 0.1) is 0 Å². The van der Waals surface area contributed by atoms with Crippen molar-refractivity contribution < 1.29 is 4.79 Å². The fourth-order valence-electron chi connectivity index (χ4n) is 2.82. The zero-order valence-corrected chi connectivity index (χ0v) is 14.3. The van der Waals surface area contributed by atoms with Gasteiger partial charge in [0, 0.05) is 22.8 Å². The molecule has 0 fully saturated rings. The van der Waals surface area contributed by atoms with Gasteiger partial charge in [0.15, 0.2) is 0 Å². The Morgan fingerprint density at radius 2 is 1.76 bits per heavy atom. The largest absolute Gasteiger partial charge is 0.349 e. The number of benzene rings is 2. The predicted octanol–water partition coefficient (Wildman–Crippen LogP) is 3.11. The molecule has 1 aromatic heterocycles. The number of rotatable bonds is 5. The Bertz CT molecular complexity index is 835. The van der Waals surface area contributed by atoms with Gasteiger partial charge in [-0.1, -0.05) is 36.0 Å². The van der Waals surface area contributed by atoms with Crippen LogP contribution in [0.1, 0.15) is 12.2 Å². The lowest BCUT2D eigenvalue weighted by Gasteiger charge is -2.32. The first-order valence-corrected chi connectivity index (χ1v) is 8.87. The maximum Gasteiger partial charge on any atom is 0.222 e. The molecule has 1 amide bonds. The summed E-state index contributed by atoms with van der Waals surface area (Å²) in [4.78, 5) is 20.8. The molecule has 6 nitrogen and oxygen atoms in total. The molecule has 1 aliphatic heterocycles. The number of para-hydroxylation sites is 2. The van der Waals surface area contributed by atoms with Crippen LogP contribution in [0.3, 0.4) is 0 Å². The van der Waals surface area contributed by atoms with E-state index in [1.807, 2.05) is 24.3 Å². The van der Waals surface area contributed by atoms with Gasteiger partial charge >= 0.3 is 0 Å². The van der Waals surface area contributed by atoms with Crippen LogP contribution >= 0.6 is 11.8 Å². The van der Waals surface area contributed by atoms with Crippen LogP contribution in [0.4, 0.5) is 11.4 Å². The van der Waals surface area contributed by atoms with Crippen molar-refractivity contribution in [3.63, 3.8) is 0 Å². The molecule has 0 atom stereocenters. The molecule has 0 bridgehead atoms. The second-order valence-electron chi connectivity index (χ2n) is 5.65. The molecule has 126 valence electrons. The summed E-state index contributed by atoms with van der Waals surface area (Å²) < 4.78 is 0. The van der Waals surface area contributed by atoms with Crippen molar-refractivity contribution in [2.75, 3.05) is 11.4 Å². The minimum Gasteiger partial charge on any atom is -0.349 e. The molecule has 0 saturated carbocycles. The van der Waals surface area contributed by atoms with E-state index in [0.717, 1.165) is 11.4 Å². The highest BCUT2D eigenvalue weighted by molar-refractivity contribution is 7.99. The lowest BCUT2D eigenvalue weighted by atomic mass is 10.2. The van der Waals surface area contributed by atoms with Gasteiger partial charge in [-0.05, 0) is 24.3 Å². The Morgan fingerprint density at radius 1 is 1.08 bits per heavy atom. The number of aromatic nitrogens is 3. The summed E-state index contributed by atoms with van der Waals surface area (Å²) in [6.07, 6.45) is 1.84. The maximum atomic E-state index is 12.2. The number of nitrogens with one attached hydrogen (secondary N) is 2. The number of hydrogen-bond donors (Lipinski definition) is 2. The number of amides is 1. The molecule has 3 aromatic rings. The lowest BCUT2D eigenvalue weighted by molar-refractivity contribution is -0.121. The topological polar surface area (TPSA) is 73.9 Å². The molecule has 4 rings (SSSR count). The van der Waals surface area contributed by atoms with E-state index in [0.29, 0.717) is 25.3 Å². The van der Waals surface area contributed by atoms with E-state index < -0.39 is 0 Å². The van der Waals surface area contributed by atoms with Crippen LogP contribution < -0.4 is 10.2 Å². The summed E-state index contributed by atoms with van der Waals surface area (Å²) in [7, 11) is 0. The lowest BCUT2D eigenvalue weighted by Crippen LogP contribution is -2.29. The number of fused-ring (bicyclic) bond motifs is 2. The fourth-order valence-corrected chi connectivity index (χ4v) is 3.92. The number of anilines is 2. The average Bonchev–Trinajstić information content (AvgIpc) is 3.17. The molecule has 25 heavy (non-hydrogen) atoms. The van der Waals surface area contributed by atoms with Gasteiger partial charge < -0.3 is 10.2 Å². The third kappa shape index (κ3) is 3.36. The number of carbonyl (C=O) groups excluding carboxylic acids is 1. The fraction of sp³-hybridized carbons (Fsp3) is 0.167. The molecule has 0 radical (unpaired) electrons. The first kappa shape index (κ1) is 15.7. The van der Waals surface area contributed by atoms with Gasteiger partial charge in [0.05, 0.1) is 17.9 Å². The van der Waals surface area contributed by atoms with Crippen LogP contribution in [0.15, 0.2) is 64.6 Å². The van der Waals surface area contributed by atoms with Gasteiger partial charge in [0.2, 0.25) is 5.91 Å². The van der Waals surface area contributed by atoms with Crippen molar-refractivity contribution in [1.29, 1.82) is 0 Å². The first-order chi connectivity index (χ1) is 12.3. The van der Waals surface area contributed by atoms with E-state index in [-0.39, 0.29) is 5.91 Å². The second-order valence-corrected chi connectivity index (χ2v) is 6.73. The standard InChI is InChI=1S/C18H17N5OS/c24-18(19-11-17-20-12-21-22-17)9-10-23-13-5-1-3-7-15(13)25-16-8-4-2-6-14(16)23/h1-8,12H,9-11H2,(H,19,24)(H,20,21,22). The quantitative estimate of drug-likeness (QED) is 0.739. The van der Waals surface area contributed by atoms with Crippen molar-refractivity contribution in [1.82, 2.24) is 20.5 Å². The SMILES string of the molecule is O=C(CCN1c2ccccc2Sc2ccccc21)NCc1ncn[nH]1. The molecule has 0 spiro atoms. The van der Waals surface area contributed by atoms with Crippen molar-refractivity contribution in [2.24, 2.45) is 0 Å². The zero-order chi connectivity index (χ0) is 17.1. The summed E-state index contributed by atoms with van der Waals surface area (Å²) in [5.74, 6) is 0.642. The van der Waals surface area contributed by atoms with Gasteiger partial charge in [-0.25, -0.2) is 4.98 Å². The van der Waals surface area contributed by atoms with Crippen LogP contribution in [0.2, 0.25) is 0 Å². The number of nitrogens with zero attached hydrogens (tertiary/aromatic N) is 3. The second kappa shape index (κ2) is 6.98. The van der Waals surface area contributed by atoms with E-state index in [1.54, 1.807) is 11.8 Å². The van der Waals surface area contributed by atoms with E-state index in [4.69, 9.17) is 0 Å². The molecule has 2 heterocycles. The molecule has 7 heteroatoms.